The molecule has 0 aromatic heterocycles. The van der Waals surface area contributed by atoms with E-state index in [0.717, 1.165) is 20.8 Å². The lowest BCUT2D eigenvalue weighted by Crippen LogP contribution is -2.71. The van der Waals surface area contributed by atoms with Crippen molar-refractivity contribution in [1.82, 2.24) is 21.3 Å². The van der Waals surface area contributed by atoms with Crippen LogP contribution in [0.3, 0.4) is 0 Å². The first-order chi connectivity index (χ1) is 39.9. The van der Waals surface area contributed by atoms with E-state index in [2.05, 4.69) is 21.3 Å². The van der Waals surface area contributed by atoms with Crippen LogP contribution in [0.25, 0.3) is 0 Å². The van der Waals surface area contributed by atoms with Crippen molar-refractivity contribution in [2.24, 2.45) is 0 Å². The van der Waals surface area contributed by atoms with E-state index in [1.807, 2.05) is 0 Å². The van der Waals surface area contributed by atoms with Crippen LogP contribution >= 0.6 is 0 Å². The van der Waals surface area contributed by atoms with Gasteiger partial charge in [0.25, 0.3) is 5.79 Å². The average Bonchev–Trinajstić information content (AvgIpc) is 1.31. The predicted molar refractivity (Wildman–Crippen MR) is 265 cm³/mol. The molecule has 5 aliphatic rings. The van der Waals surface area contributed by atoms with Crippen molar-refractivity contribution in [1.29, 1.82) is 0 Å². The van der Waals surface area contributed by atoms with E-state index in [-0.39, 0.29) is 0 Å². The number of aliphatic hydroxyl groups is 18. The Morgan fingerprint density at radius 3 is 1.66 bits per heavy atom. The number of amides is 4. The number of aliphatic hydroxyl groups excluding tert-OH is 18. The maximum absolute atomic E-state index is 12.9. The van der Waals surface area contributed by atoms with Crippen molar-refractivity contribution < 1.29 is 168 Å². The van der Waals surface area contributed by atoms with Crippen LogP contribution in [0.2, 0.25) is 0 Å². The number of hydrogen-bond donors (Lipinski definition) is 23. The Kier molecular flexibility index (Phi) is 26.8. The monoisotopic (exact) mass is 1240 g/mol. The Morgan fingerprint density at radius 1 is 0.565 bits per heavy atom. The molecule has 0 aromatic rings. The van der Waals surface area contributed by atoms with Gasteiger partial charge in [0.15, 0.2) is 25.2 Å². The summed E-state index contributed by atoms with van der Waals surface area (Å²) in [6.45, 7) is -4.05. The minimum atomic E-state index is -3.14. The van der Waals surface area contributed by atoms with Crippen molar-refractivity contribution in [3.05, 3.63) is 0 Å². The van der Waals surface area contributed by atoms with Crippen molar-refractivity contribution in [2.45, 2.75) is 217 Å². The van der Waals surface area contributed by atoms with Gasteiger partial charge in [-0.25, -0.2) is 4.79 Å². The van der Waals surface area contributed by atoms with E-state index in [9.17, 15) is 121 Å². The van der Waals surface area contributed by atoms with Crippen LogP contribution in [-0.4, -0.2) is 356 Å². The number of carboxylic acids is 1. The van der Waals surface area contributed by atoms with E-state index in [1.165, 1.54) is 6.92 Å². The van der Waals surface area contributed by atoms with Gasteiger partial charge in [-0.05, 0) is 6.92 Å². The van der Waals surface area contributed by atoms with E-state index in [0.29, 0.717) is 0 Å². The molecule has 492 valence electrons. The molecule has 0 aliphatic carbocycles. The second-order valence-electron chi connectivity index (χ2n) is 20.9. The third-order valence-corrected chi connectivity index (χ3v) is 14.7. The normalized spacial score (nSPS) is 41.0. The Balaban J connectivity index is 1.51. The van der Waals surface area contributed by atoms with Crippen molar-refractivity contribution >= 4 is 29.6 Å². The first-order valence-electron chi connectivity index (χ1n) is 26.7. The third-order valence-electron chi connectivity index (χ3n) is 14.7. The second kappa shape index (κ2) is 31.6. The number of carboxylic acid groups (broad SMARTS) is 1. The molecule has 23 N–H and O–H groups in total. The highest BCUT2D eigenvalue weighted by Gasteiger charge is 2.59. The van der Waals surface area contributed by atoms with Gasteiger partial charge in [0.2, 0.25) is 23.6 Å². The molecule has 85 heavy (non-hydrogen) atoms. The zero-order valence-corrected chi connectivity index (χ0v) is 46.0. The van der Waals surface area contributed by atoms with E-state index >= 15 is 0 Å². The van der Waals surface area contributed by atoms with Gasteiger partial charge < -0.3 is 166 Å². The molecule has 0 saturated carbocycles. The number of ether oxygens (including phenoxy) is 10. The summed E-state index contributed by atoms with van der Waals surface area (Å²) in [5.74, 6) is -9.12. The second-order valence-corrected chi connectivity index (χ2v) is 20.9. The molecule has 0 unspecified atom stereocenters. The third kappa shape index (κ3) is 16.9. The average molecular weight is 1250 g/mol. The maximum atomic E-state index is 12.9. The highest BCUT2D eigenvalue weighted by Crippen LogP contribution is 2.38. The molecular formula is C47H80N4O34. The molecule has 0 spiro atoms. The highest BCUT2D eigenvalue weighted by molar-refractivity contribution is 5.78. The smallest absolute Gasteiger partial charge is 0.364 e. The highest BCUT2D eigenvalue weighted by atomic mass is 16.8. The summed E-state index contributed by atoms with van der Waals surface area (Å²) in [5, 5.41) is 214. The Morgan fingerprint density at radius 2 is 1.12 bits per heavy atom. The van der Waals surface area contributed by atoms with Gasteiger partial charge in [-0.15, -0.1) is 0 Å². The summed E-state index contributed by atoms with van der Waals surface area (Å²) in [4.78, 5) is 62.8. The molecule has 5 fully saturated rings. The molecule has 5 rings (SSSR count). The van der Waals surface area contributed by atoms with Gasteiger partial charge in [-0.2, -0.15) is 0 Å². The molecule has 0 bridgehead atoms. The summed E-state index contributed by atoms with van der Waals surface area (Å²) in [5.41, 5.74) is 0. The zero-order valence-electron chi connectivity index (χ0n) is 46.0. The molecule has 38 nitrogen and oxygen atoms in total. The Bertz CT molecular complexity index is 2160. The SMILES string of the molecule is CC(=O)N[C@H]1[C@H](O[C@@H]([C@@H](O)[C@H](O)CO[C@]2(C(=O)O)C[C@H](O)[C@@H](NC(=O)CO)[C@H]([C@H](O)[C@H](O)CO)O2)[C@H](CO)NC(C)=O)O[C@H](CO)[C@@H](O[C@@H]2O[C@H](CO)[C@H](O)[C@H](O[C@H]3O[C@H](CO)[C@H](O)[C@H](O)[C@H]3NC(C)=O)[C@H]2O[C@@H]2O[C@@H](C)[C@@H](O)[C@@H](O)[C@@H]2O)[C@@H]1O. The van der Waals surface area contributed by atoms with Crippen LogP contribution in [-0.2, 0) is 71.3 Å². The van der Waals surface area contributed by atoms with E-state index < -0.39 is 266 Å². The first-order valence-corrected chi connectivity index (χ1v) is 26.7. The number of nitrogens with one attached hydrogen (secondary N) is 4. The number of rotatable bonds is 27. The summed E-state index contributed by atoms with van der Waals surface area (Å²) < 4.78 is 58.7. The fraction of sp³-hybridized carbons (Fsp3) is 0.894. The molecule has 4 amide bonds. The number of carbonyl (C=O) groups excluding carboxylic acids is 4. The van der Waals surface area contributed by atoms with Crippen LogP contribution in [0.5, 0.6) is 0 Å². The minimum absolute atomic E-state index is 0.824. The standard InChI is InChI=1S/C47H80N4O34/c1-13-28(65)35(72)36(73)44(77-13)84-41-40(83-42-26(49-15(3)59)33(70)31(68)21(8-54)78-42)32(69)22(9-55)79-45(41)82-38-23(10-56)80-43(27(34(38)71)50-16(4)60)81-37(17(6-52)48-14(2)58)30(67)20(63)12-76-47(46(74)75)5-18(61)25(51-24(64)11-57)39(85-47)29(66)19(62)7-53/h13,17-23,25-45,52-57,61-63,65-73H,5-12H2,1-4H3,(H,48,58)(H,49,59)(H,50,60)(H,51,64)(H,74,75)/t13-,17-,18-,19+,20+,21+,22+,23+,25+,26+,27+,28+,29+,30-,31-,32-,33+,34+,35+,36-,37+,38+,39+,40-,41+,42+,43-,44-,45-,47+/m0/s1. The molecule has 0 radical (unpaired) electrons. The van der Waals surface area contributed by atoms with Gasteiger partial charge in [-0.1, -0.05) is 0 Å². The predicted octanol–water partition coefficient (Wildman–Crippen LogP) is -14.7. The van der Waals surface area contributed by atoms with Crippen molar-refractivity contribution in [3.63, 3.8) is 0 Å². The maximum Gasteiger partial charge on any atom is 0.364 e. The quantitative estimate of drug-likeness (QED) is 0.0363. The Labute approximate surface area is 482 Å². The number of hydrogen-bond acceptors (Lipinski definition) is 33. The van der Waals surface area contributed by atoms with Gasteiger partial charge in [0, 0.05) is 27.2 Å². The Hall–Kier alpha value is -3.77. The van der Waals surface area contributed by atoms with Gasteiger partial charge in [0.1, 0.15) is 135 Å². The molecule has 5 heterocycles. The zero-order chi connectivity index (χ0) is 63.7. The summed E-state index contributed by atoms with van der Waals surface area (Å²) in [6.07, 6.45) is -52.4. The van der Waals surface area contributed by atoms with Crippen LogP contribution in [0, 0.1) is 0 Å². The van der Waals surface area contributed by atoms with Crippen LogP contribution in [0.1, 0.15) is 34.1 Å². The lowest BCUT2D eigenvalue weighted by atomic mass is 9.88. The topological polar surface area (TPSA) is 610 Å². The van der Waals surface area contributed by atoms with Crippen LogP contribution in [0.4, 0.5) is 0 Å². The van der Waals surface area contributed by atoms with Crippen molar-refractivity contribution in [3.8, 4) is 0 Å². The lowest BCUT2D eigenvalue weighted by molar-refractivity contribution is -0.399. The fourth-order valence-electron chi connectivity index (χ4n) is 10.2. The largest absolute Gasteiger partial charge is 0.477 e. The lowest BCUT2D eigenvalue weighted by Gasteiger charge is -2.51. The number of aliphatic carboxylic acids is 1. The van der Waals surface area contributed by atoms with Gasteiger partial charge in [0.05, 0.1) is 63.9 Å². The fourth-order valence-corrected chi connectivity index (χ4v) is 10.2. The van der Waals surface area contributed by atoms with Crippen LogP contribution in [0.15, 0.2) is 0 Å². The van der Waals surface area contributed by atoms with Crippen molar-refractivity contribution in [2.75, 3.05) is 46.2 Å². The molecule has 38 heteroatoms. The summed E-state index contributed by atoms with van der Waals surface area (Å²) >= 11 is 0. The summed E-state index contributed by atoms with van der Waals surface area (Å²) in [7, 11) is 0. The summed E-state index contributed by atoms with van der Waals surface area (Å²) in [6, 6.07) is -7.34. The number of carbonyl (C=O) groups is 5. The molecule has 30 atom stereocenters. The van der Waals surface area contributed by atoms with E-state index in [4.69, 9.17) is 47.4 Å². The molecule has 0 aromatic carbocycles. The first kappa shape index (κ1) is 72.0. The van der Waals surface area contributed by atoms with Gasteiger partial charge >= 0.3 is 5.97 Å². The molecule has 5 saturated heterocycles. The molecule has 5 aliphatic heterocycles. The minimum Gasteiger partial charge on any atom is -0.477 e. The van der Waals surface area contributed by atoms with E-state index in [1.54, 1.807) is 0 Å². The van der Waals surface area contributed by atoms with Gasteiger partial charge in [-0.3, -0.25) is 19.2 Å². The van der Waals surface area contributed by atoms with Crippen LogP contribution < -0.4 is 21.3 Å². The molecular weight excluding hydrogens is 1160 g/mol.